The lowest BCUT2D eigenvalue weighted by atomic mass is 10.2. The summed E-state index contributed by atoms with van der Waals surface area (Å²) in [5.74, 6) is -0.938. The third kappa shape index (κ3) is 2.90. The van der Waals surface area contributed by atoms with E-state index in [0.717, 1.165) is 0 Å². The van der Waals surface area contributed by atoms with E-state index >= 15 is 0 Å². The predicted octanol–water partition coefficient (Wildman–Crippen LogP) is 3.42. The van der Waals surface area contributed by atoms with Crippen molar-refractivity contribution >= 4 is 28.2 Å². The Kier molecular flexibility index (Phi) is 3.89. The lowest BCUT2D eigenvalue weighted by Gasteiger charge is -1.96. The van der Waals surface area contributed by atoms with Crippen LogP contribution in [0.3, 0.4) is 0 Å². The van der Waals surface area contributed by atoms with Crippen LogP contribution in [0.4, 0.5) is 11.4 Å². The first-order valence-electron chi connectivity index (χ1n) is 7.09. The Hall–Kier alpha value is -3.75. The molecule has 2 aromatic carbocycles. The molecule has 0 bridgehead atoms. The van der Waals surface area contributed by atoms with Crippen molar-refractivity contribution in [3.8, 4) is 11.6 Å². The van der Waals surface area contributed by atoms with Gasteiger partial charge in [0.15, 0.2) is 5.69 Å². The minimum Gasteiger partial charge on any atom is -0.508 e. The molecule has 1 aromatic heterocycles. The second kappa shape index (κ2) is 6.04. The Labute approximate surface area is 140 Å². The van der Waals surface area contributed by atoms with Crippen molar-refractivity contribution in [2.45, 2.75) is 0 Å². The van der Waals surface area contributed by atoms with Crippen LogP contribution in [-0.2, 0) is 7.05 Å². The summed E-state index contributed by atoms with van der Waals surface area (Å²) in [6.07, 6.45) is 0. The number of aromatic hydroxyl groups is 2. The summed E-state index contributed by atoms with van der Waals surface area (Å²) in [6, 6.07) is 9.48. The van der Waals surface area contributed by atoms with Crippen LogP contribution < -0.4 is 0 Å². The quantitative estimate of drug-likeness (QED) is 0.428. The SMILES string of the molecule is Cn1c(O)c(N=NC(=O)c2ccc(O)cc2)c2cc([N+](=O)[O-])ccc21. The molecule has 0 spiro atoms. The van der Waals surface area contributed by atoms with E-state index in [1.807, 2.05) is 0 Å². The van der Waals surface area contributed by atoms with Crippen LogP contribution in [0.2, 0.25) is 0 Å². The molecule has 0 aliphatic rings. The smallest absolute Gasteiger partial charge is 0.295 e. The van der Waals surface area contributed by atoms with E-state index in [-0.39, 0.29) is 28.6 Å². The Balaban J connectivity index is 2.04. The highest BCUT2D eigenvalue weighted by molar-refractivity contribution is 5.98. The fourth-order valence-corrected chi connectivity index (χ4v) is 2.37. The van der Waals surface area contributed by atoms with Crippen molar-refractivity contribution in [3.05, 3.63) is 58.1 Å². The molecule has 0 fully saturated rings. The first-order chi connectivity index (χ1) is 11.9. The van der Waals surface area contributed by atoms with Gasteiger partial charge in [-0.3, -0.25) is 14.9 Å². The van der Waals surface area contributed by atoms with Gasteiger partial charge in [0, 0.05) is 30.1 Å². The number of phenols is 1. The molecule has 3 rings (SSSR count). The van der Waals surface area contributed by atoms with Crippen LogP contribution in [-0.4, -0.2) is 25.6 Å². The number of hydrogen-bond acceptors (Lipinski definition) is 6. The minimum atomic E-state index is -0.679. The number of non-ortho nitro benzene ring substituents is 1. The number of aryl methyl sites for hydroxylation is 1. The lowest BCUT2D eigenvalue weighted by Crippen LogP contribution is -1.92. The number of nitro benzene ring substituents is 1. The van der Waals surface area contributed by atoms with Gasteiger partial charge in [0.1, 0.15) is 5.75 Å². The molecule has 0 saturated heterocycles. The van der Waals surface area contributed by atoms with E-state index in [0.29, 0.717) is 10.9 Å². The Bertz CT molecular complexity index is 1020. The van der Waals surface area contributed by atoms with Gasteiger partial charge in [-0.05, 0) is 30.3 Å². The van der Waals surface area contributed by atoms with Crippen molar-refractivity contribution in [2.24, 2.45) is 17.3 Å². The van der Waals surface area contributed by atoms with Crippen molar-refractivity contribution in [3.63, 3.8) is 0 Å². The van der Waals surface area contributed by atoms with Crippen molar-refractivity contribution in [1.29, 1.82) is 0 Å². The highest BCUT2D eigenvalue weighted by Gasteiger charge is 2.18. The van der Waals surface area contributed by atoms with E-state index in [1.165, 1.54) is 47.0 Å². The predicted molar refractivity (Wildman–Crippen MR) is 88.2 cm³/mol. The van der Waals surface area contributed by atoms with Gasteiger partial charge in [0.2, 0.25) is 5.88 Å². The summed E-state index contributed by atoms with van der Waals surface area (Å²) < 4.78 is 1.39. The summed E-state index contributed by atoms with van der Waals surface area (Å²) >= 11 is 0. The molecule has 0 unspecified atom stereocenters. The fourth-order valence-electron chi connectivity index (χ4n) is 2.37. The number of aromatic nitrogens is 1. The number of carbonyl (C=O) groups is 1. The molecule has 0 atom stereocenters. The highest BCUT2D eigenvalue weighted by Crippen LogP contribution is 2.39. The van der Waals surface area contributed by atoms with Gasteiger partial charge in [-0.25, -0.2) is 0 Å². The first kappa shape index (κ1) is 16.1. The normalized spacial score (nSPS) is 11.2. The molecule has 126 valence electrons. The third-order valence-corrected chi connectivity index (χ3v) is 3.69. The largest absolute Gasteiger partial charge is 0.508 e. The topological polar surface area (TPSA) is 130 Å². The van der Waals surface area contributed by atoms with E-state index in [9.17, 15) is 25.1 Å². The summed E-state index contributed by atoms with van der Waals surface area (Å²) in [7, 11) is 1.56. The molecule has 9 heteroatoms. The molecule has 0 saturated carbocycles. The average molecular weight is 340 g/mol. The third-order valence-electron chi connectivity index (χ3n) is 3.69. The Morgan fingerprint density at radius 1 is 1.16 bits per heavy atom. The van der Waals surface area contributed by atoms with Crippen LogP contribution in [0.15, 0.2) is 52.7 Å². The standard InChI is InChI=1S/C16H12N4O5/c1-19-13-7-4-10(20(24)25)8-12(13)14(16(19)23)17-18-15(22)9-2-5-11(21)6-3-9/h2-8,21,23H,1H3. The van der Waals surface area contributed by atoms with Crippen LogP contribution >= 0.6 is 0 Å². The molecule has 2 N–H and O–H groups in total. The Morgan fingerprint density at radius 3 is 2.48 bits per heavy atom. The number of azo groups is 1. The second-order valence-corrected chi connectivity index (χ2v) is 5.24. The number of amides is 1. The van der Waals surface area contributed by atoms with Gasteiger partial charge in [0.25, 0.3) is 11.6 Å². The van der Waals surface area contributed by atoms with Gasteiger partial charge in [-0.2, -0.15) is 0 Å². The number of fused-ring (bicyclic) bond motifs is 1. The van der Waals surface area contributed by atoms with Crippen LogP contribution in [0.25, 0.3) is 10.9 Å². The van der Waals surface area contributed by atoms with Crippen LogP contribution in [0, 0.1) is 10.1 Å². The summed E-state index contributed by atoms with van der Waals surface area (Å²) in [5, 5.41) is 37.9. The number of benzene rings is 2. The molecule has 3 aromatic rings. The maximum absolute atomic E-state index is 12.0. The number of phenolic OH excluding ortho intramolecular Hbond substituents is 1. The second-order valence-electron chi connectivity index (χ2n) is 5.24. The van der Waals surface area contributed by atoms with Crippen molar-refractivity contribution in [1.82, 2.24) is 4.57 Å². The molecular weight excluding hydrogens is 328 g/mol. The zero-order valence-electron chi connectivity index (χ0n) is 12.9. The monoisotopic (exact) mass is 340 g/mol. The molecule has 0 radical (unpaired) electrons. The van der Waals surface area contributed by atoms with Gasteiger partial charge in [-0.15, -0.1) is 10.2 Å². The van der Waals surface area contributed by atoms with Gasteiger partial charge >= 0.3 is 0 Å². The summed E-state index contributed by atoms with van der Waals surface area (Å²) in [4.78, 5) is 22.4. The number of carbonyl (C=O) groups excluding carboxylic acids is 1. The maximum atomic E-state index is 12.0. The Morgan fingerprint density at radius 2 is 1.84 bits per heavy atom. The zero-order valence-corrected chi connectivity index (χ0v) is 12.9. The molecule has 9 nitrogen and oxygen atoms in total. The number of rotatable bonds is 3. The number of hydrogen-bond donors (Lipinski definition) is 2. The zero-order chi connectivity index (χ0) is 18.1. The number of nitrogens with zero attached hydrogens (tertiary/aromatic N) is 4. The van der Waals surface area contributed by atoms with Crippen LogP contribution in [0.5, 0.6) is 11.6 Å². The highest BCUT2D eigenvalue weighted by atomic mass is 16.6. The molecule has 0 aliphatic carbocycles. The molecular formula is C16H12N4O5. The van der Waals surface area contributed by atoms with Gasteiger partial charge in [0.05, 0.1) is 10.4 Å². The number of nitro groups is 1. The van der Waals surface area contributed by atoms with Gasteiger partial charge in [-0.1, -0.05) is 0 Å². The molecule has 25 heavy (non-hydrogen) atoms. The van der Waals surface area contributed by atoms with E-state index in [2.05, 4.69) is 10.2 Å². The van der Waals surface area contributed by atoms with E-state index in [4.69, 9.17) is 0 Å². The van der Waals surface area contributed by atoms with Crippen molar-refractivity contribution < 1.29 is 19.9 Å². The van der Waals surface area contributed by atoms with E-state index < -0.39 is 10.8 Å². The van der Waals surface area contributed by atoms with E-state index in [1.54, 1.807) is 7.05 Å². The van der Waals surface area contributed by atoms with Gasteiger partial charge < -0.3 is 14.8 Å². The summed E-state index contributed by atoms with van der Waals surface area (Å²) in [5.41, 5.74) is 0.508. The lowest BCUT2D eigenvalue weighted by molar-refractivity contribution is -0.384. The molecule has 0 aliphatic heterocycles. The average Bonchev–Trinajstić information content (AvgIpc) is 2.84. The minimum absolute atomic E-state index is 0.00694. The van der Waals surface area contributed by atoms with Crippen LogP contribution in [0.1, 0.15) is 10.4 Å². The molecule has 1 heterocycles. The first-order valence-corrected chi connectivity index (χ1v) is 7.09. The van der Waals surface area contributed by atoms with Crippen molar-refractivity contribution in [2.75, 3.05) is 0 Å². The molecule has 1 amide bonds. The summed E-state index contributed by atoms with van der Waals surface area (Å²) in [6.45, 7) is 0. The maximum Gasteiger partial charge on any atom is 0.295 e. The fraction of sp³-hybridized carbons (Fsp3) is 0.0625.